The fraction of sp³-hybridized carbons (Fsp3) is 0.211. The summed E-state index contributed by atoms with van der Waals surface area (Å²) in [7, 11) is 0. The number of carbonyl (C=O) groups is 2. The van der Waals surface area contributed by atoms with Crippen LogP contribution >= 0.6 is 11.3 Å². The molecule has 0 spiro atoms. The molecule has 0 aliphatic rings. The van der Waals surface area contributed by atoms with Crippen molar-refractivity contribution in [3.05, 3.63) is 64.1 Å². The van der Waals surface area contributed by atoms with Gasteiger partial charge in [-0.1, -0.05) is 17.7 Å². The van der Waals surface area contributed by atoms with Crippen molar-refractivity contribution in [2.45, 2.75) is 27.2 Å². The molecule has 0 atom stereocenters. The van der Waals surface area contributed by atoms with Crippen LogP contribution in [0.1, 0.15) is 32.9 Å². The number of benzene rings is 1. The number of amides is 1. The fourth-order valence-corrected chi connectivity index (χ4v) is 3.16. The predicted octanol–water partition coefficient (Wildman–Crippen LogP) is 4.06. The van der Waals surface area contributed by atoms with Crippen LogP contribution in [0.15, 0.2) is 40.3 Å². The van der Waals surface area contributed by atoms with Gasteiger partial charge < -0.3 is 9.15 Å². The van der Waals surface area contributed by atoms with E-state index < -0.39 is 5.97 Å². The molecule has 0 saturated heterocycles. The number of carbonyl (C=O) groups excluding carboxylic acids is 2. The molecule has 2 heterocycles. The maximum Gasteiger partial charge on any atom is 0.317 e. The lowest BCUT2D eigenvalue weighted by Crippen LogP contribution is -2.13. The first-order valence-corrected chi connectivity index (χ1v) is 8.88. The summed E-state index contributed by atoms with van der Waals surface area (Å²) in [6.45, 7) is 5.59. The number of esters is 1. The molecule has 0 fully saturated rings. The van der Waals surface area contributed by atoms with Gasteiger partial charge in [-0.25, -0.2) is 4.98 Å². The first kappa shape index (κ1) is 17.9. The van der Waals surface area contributed by atoms with E-state index in [1.165, 1.54) is 17.6 Å². The second kappa shape index (κ2) is 7.53. The summed E-state index contributed by atoms with van der Waals surface area (Å²) in [5, 5.41) is 4.84. The summed E-state index contributed by atoms with van der Waals surface area (Å²) in [5.74, 6) is 0.386. The van der Waals surface area contributed by atoms with Crippen LogP contribution in [0.4, 0.5) is 5.13 Å². The Morgan fingerprint density at radius 2 is 2.04 bits per heavy atom. The summed E-state index contributed by atoms with van der Waals surface area (Å²) in [5.41, 5.74) is 3.01. The Morgan fingerprint density at radius 3 is 2.73 bits per heavy atom. The maximum atomic E-state index is 12.1. The van der Waals surface area contributed by atoms with Gasteiger partial charge in [0.1, 0.15) is 11.5 Å². The standard InChI is InChI=1S/C19H18N2O4S/c1-11-4-5-16(12(2)8-11)25-17(22)9-14-10-26-19(20-14)21-18(23)15-6-7-24-13(15)3/h4-8,10H,9H2,1-3H3,(H,20,21,23). The quantitative estimate of drug-likeness (QED) is 0.541. The highest BCUT2D eigenvalue weighted by Crippen LogP contribution is 2.21. The summed E-state index contributed by atoms with van der Waals surface area (Å²) in [6.07, 6.45) is 1.49. The Labute approximate surface area is 154 Å². The molecule has 0 bridgehead atoms. The molecule has 0 aliphatic carbocycles. The van der Waals surface area contributed by atoms with Gasteiger partial charge in [0.15, 0.2) is 5.13 Å². The van der Waals surface area contributed by atoms with Crippen LogP contribution in [0.25, 0.3) is 0 Å². The molecule has 1 N–H and O–H groups in total. The second-order valence-electron chi connectivity index (χ2n) is 5.91. The van der Waals surface area contributed by atoms with Crippen LogP contribution in [0.3, 0.4) is 0 Å². The molecule has 3 rings (SSSR count). The smallest absolute Gasteiger partial charge is 0.317 e. The molecule has 7 heteroatoms. The molecule has 1 amide bonds. The van der Waals surface area contributed by atoms with Crippen LogP contribution in [0.5, 0.6) is 5.75 Å². The van der Waals surface area contributed by atoms with Gasteiger partial charge in [0.2, 0.25) is 0 Å². The molecule has 0 unspecified atom stereocenters. The fourth-order valence-electron chi connectivity index (χ4n) is 2.45. The Balaban J connectivity index is 1.60. The van der Waals surface area contributed by atoms with Crippen molar-refractivity contribution in [3.8, 4) is 5.75 Å². The first-order chi connectivity index (χ1) is 12.4. The Bertz CT molecular complexity index is 958. The monoisotopic (exact) mass is 370 g/mol. The normalized spacial score (nSPS) is 10.6. The summed E-state index contributed by atoms with van der Waals surface area (Å²) >= 11 is 1.25. The third-order valence-corrected chi connectivity index (χ3v) is 4.56. The van der Waals surface area contributed by atoms with E-state index in [-0.39, 0.29) is 12.3 Å². The highest BCUT2D eigenvalue weighted by atomic mass is 32.1. The highest BCUT2D eigenvalue weighted by Gasteiger charge is 2.15. The van der Waals surface area contributed by atoms with Crippen molar-refractivity contribution in [1.82, 2.24) is 4.98 Å². The van der Waals surface area contributed by atoms with Gasteiger partial charge in [0, 0.05) is 5.38 Å². The van der Waals surface area contributed by atoms with Crippen LogP contribution in [-0.2, 0) is 11.2 Å². The molecular weight excluding hydrogens is 352 g/mol. The predicted molar refractivity (Wildman–Crippen MR) is 98.8 cm³/mol. The van der Waals surface area contributed by atoms with E-state index in [1.807, 2.05) is 26.0 Å². The van der Waals surface area contributed by atoms with E-state index in [1.54, 1.807) is 24.4 Å². The summed E-state index contributed by atoms with van der Waals surface area (Å²) < 4.78 is 10.5. The van der Waals surface area contributed by atoms with Crippen LogP contribution in [0.2, 0.25) is 0 Å². The molecule has 0 aliphatic heterocycles. The Hall–Kier alpha value is -2.93. The van der Waals surface area contributed by atoms with E-state index in [0.717, 1.165) is 11.1 Å². The van der Waals surface area contributed by atoms with Crippen molar-refractivity contribution in [3.63, 3.8) is 0 Å². The number of rotatable bonds is 5. The minimum Gasteiger partial charge on any atom is -0.469 e. The zero-order valence-corrected chi connectivity index (χ0v) is 15.5. The van der Waals surface area contributed by atoms with Crippen molar-refractivity contribution < 1.29 is 18.7 Å². The lowest BCUT2D eigenvalue weighted by Gasteiger charge is -2.07. The maximum absolute atomic E-state index is 12.1. The van der Waals surface area contributed by atoms with Gasteiger partial charge in [0.05, 0.1) is 23.9 Å². The van der Waals surface area contributed by atoms with Crippen molar-refractivity contribution in [2.75, 3.05) is 5.32 Å². The lowest BCUT2D eigenvalue weighted by atomic mass is 10.1. The second-order valence-corrected chi connectivity index (χ2v) is 6.77. The molecule has 26 heavy (non-hydrogen) atoms. The number of nitrogens with one attached hydrogen (secondary N) is 1. The van der Waals surface area contributed by atoms with Crippen LogP contribution in [0, 0.1) is 20.8 Å². The molecule has 3 aromatic rings. The summed E-state index contributed by atoms with van der Waals surface area (Å²) in [4.78, 5) is 28.5. The third kappa shape index (κ3) is 4.18. The van der Waals surface area contributed by atoms with E-state index in [4.69, 9.17) is 9.15 Å². The van der Waals surface area contributed by atoms with Crippen molar-refractivity contribution >= 4 is 28.3 Å². The number of nitrogens with zero attached hydrogens (tertiary/aromatic N) is 1. The number of thiazole rings is 1. The number of furan rings is 1. The zero-order valence-electron chi connectivity index (χ0n) is 14.7. The minimum absolute atomic E-state index is 0.0322. The zero-order chi connectivity index (χ0) is 18.7. The third-order valence-electron chi connectivity index (χ3n) is 3.76. The average molecular weight is 370 g/mol. The van der Waals surface area contributed by atoms with Crippen LogP contribution in [-0.4, -0.2) is 16.9 Å². The van der Waals surface area contributed by atoms with Gasteiger partial charge in [-0.05, 0) is 38.5 Å². The minimum atomic E-state index is -0.397. The molecule has 0 radical (unpaired) electrons. The van der Waals surface area contributed by atoms with E-state index in [0.29, 0.717) is 27.9 Å². The van der Waals surface area contributed by atoms with E-state index in [9.17, 15) is 9.59 Å². The molecule has 6 nitrogen and oxygen atoms in total. The average Bonchev–Trinajstić information content (AvgIpc) is 3.19. The lowest BCUT2D eigenvalue weighted by molar-refractivity contribution is -0.133. The van der Waals surface area contributed by atoms with Gasteiger partial charge >= 0.3 is 5.97 Å². The van der Waals surface area contributed by atoms with Gasteiger partial charge in [-0.2, -0.15) is 0 Å². The molecule has 0 saturated carbocycles. The first-order valence-electron chi connectivity index (χ1n) is 8.00. The number of hydrogen-bond acceptors (Lipinski definition) is 6. The van der Waals surface area contributed by atoms with Gasteiger partial charge in [-0.15, -0.1) is 11.3 Å². The SMILES string of the molecule is Cc1ccc(OC(=O)Cc2csc(NC(=O)c3ccoc3C)n2)c(C)c1. The number of aromatic nitrogens is 1. The Kier molecular flexibility index (Phi) is 5.18. The van der Waals surface area contributed by atoms with Crippen molar-refractivity contribution in [2.24, 2.45) is 0 Å². The highest BCUT2D eigenvalue weighted by molar-refractivity contribution is 7.14. The van der Waals surface area contributed by atoms with Crippen molar-refractivity contribution in [1.29, 1.82) is 0 Å². The topological polar surface area (TPSA) is 81.4 Å². The summed E-state index contributed by atoms with van der Waals surface area (Å²) in [6, 6.07) is 7.23. The van der Waals surface area contributed by atoms with Gasteiger partial charge in [0.25, 0.3) is 5.91 Å². The number of hydrogen-bond donors (Lipinski definition) is 1. The van der Waals surface area contributed by atoms with Gasteiger partial charge in [-0.3, -0.25) is 14.9 Å². The van der Waals surface area contributed by atoms with E-state index >= 15 is 0 Å². The molecule has 1 aromatic carbocycles. The largest absolute Gasteiger partial charge is 0.469 e. The number of anilines is 1. The van der Waals surface area contributed by atoms with Crippen LogP contribution < -0.4 is 10.1 Å². The molecule has 2 aromatic heterocycles. The number of ether oxygens (including phenoxy) is 1. The molecule has 134 valence electrons. The van der Waals surface area contributed by atoms with E-state index in [2.05, 4.69) is 10.3 Å². The number of aryl methyl sites for hydroxylation is 3. The molecular formula is C19H18N2O4S. The Morgan fingerprint density at radius 1 is 1.23 bits per heavy atom.